The lowest BCUT2D eigenvalue weighted by Gasteiger charge is -2.09. The molecule has 0 unspecified atom stereocenters. The number of hydrogen-bond acceptors (Lipinski definition) is 3. The second kappa shape index (κ2) is 6.19. The van der Waals surface area contributed by atoms with Gasteiger partial charge in [0, 0.05) is 33.7 Å². The molecule has 2 aromatic carbocycles. The van der Waals surface area contributed by atoms with Crippen LogP contribution in [0.15, 0.2) is 40.9 Å². The molecule has 0 saturated carbocycles. The number of anilines is 1. The van der Waals surface area contributed by atoms with E-state index >= 15 is 0 Å². The van der Waals surface area contributed by atoms with E-state index < -0.39 is 4.92 Å². The minimum absolute atomic E-state index is 0.0396. The van der Waals surface area contributed by atoms with Gasteiger partial charge in [0.25, 0.3) is 5.69 Å². The van der Waals surface area contributed by atoms with Crippen LogP contribution in [-0.2, 0) is 6.54 Å². The van der Waals surface area contributed by atoms with Gasteiger partial charge in [-0.05, 0) is 40.2 Å². The summed E-state index contributed by atoms with van der Waals surface area (Å²) in [6.45, 7) is 0.173. The van der Waals surface area contributed by atoms with Crippen LogP contribution in [0.2, 0.25) is 5.02 Å². The van der Waals surface area contributed by atoms with Crippen molar-refractivity contribution in [3.63, 3.8) is 0 Å². The second-order valence-corrected chi connectivity index (χ2v) is 5.30. The molecule has 0 aliphatic rings. The van der Waals surface area contributed by atoms with Gasteiger partial charge in [0.1, 0.15) is 5.82 Å². The van der Waals surface area contributed by atoms with E-state index in [1.54, 1.807) is 6.07 Å². The summed E-state index contributed by atoms with van der Waals surface area (Å²) < 4.78 is 14.2. The lowest BCUT2D eigenvalue weighted by atomic mass is 10.2. The van der Waals surface area contributed by atoms with Gasteiger partial charge in [0.15, 0.2) is 0 Å². The summed E-state index contributed by atoms with van der Waals surface area (Å²) in [4.78, 5) is 10.2. The average molecular weight is 360 g/mol. The second-order valence-electron chi connectivity index (χ2n) is 4.01. The van der Waals surface area contributed by atoms with E-state index in [2.05, 4.69) is 21.2 Å². The van der Waals surface area contributed by atoms with E-state index in [0.29, 0.717) is 20.7 Å². The molecule has 0 heterocycles. The van der Waals surface area contributed by atoms with Gasteiger partial charge in [-0.15, -0.1) is 0 Å². The number of nitro groups is 1. The standard InChI is InChI=1S/C13H9BrClFN2O2/c14-11-3-2-10(18(19)20)6-13(11)17-7-8-5-9(15)1-4-12(8)16/h1-6,17H,7H2. The summed E-state index contributed by atoms with van der Waals surface area (Å²) in [6, 6.07) is 8.58. The molecule has 0 radical (unpaired) electrons. The third-order valence-electron chi connectivity index (χ3n) is 2.64. The van der Waals surface area contributed by atoms with Gasteiger partial charge in [-0.1, -0.05) is 11.6 Å². The maximum absolute atomic E-state index is 13.6. The van der Waals surface area contributed by atoms with Crippen molar-refractivity contribution in [2.24, 2.45) is 0 Å². The molecule has 2 aromatic rings. The Bertz CT molecular complexity index is 667. The number of nitro benzene ring substituents is 1. The van der Waals surface area contributed by atoms with Crippen LogP contribution >= 0.6 is 27.5 Å². The van der Waals surface area contributed by atoms with Crippen molar-refractivity contribution < 1.29 is 9.31 Å². The third kappa shape index (κ3) is 3.46. The summed E-state index contributed by atoms with van der Waals surface area (Å²) in [7, 11) is 0. The van der Waals surface area contributed by atoms with Crippen LogP contribution in [-0.4, -0.2) is 4.92 Å². The Labute approximate surface area is 127 Å². The van der Waals surface area contributed by atoms with Gasteiger partial charge < -0.3 is 5.32 Å². The number of rotatable bonds is 4. The van der Waals surface area contributed by atoms with Gasteiger partial charge in [0.05, 0.1) is 10.6 Å². The van der Waals surface area contributed by atoms with Crippen molar-refractivity contribution in [2.75, 3.05) is 5.32 Å². The zero-order valence-corrected chi connectivity index (χ0v) is 12.4. The summed E-state index contributed by atoms with van der Waals surface area (Å²) in [5.41, 5.74) is 0.858. The number of hydrogen-bond donors (Lipinski definition) is 1. The number of nitrogens with zero attached hydrogens (tertiary/aromatic N) is 1. The number of halogens is 3. The molecule has 0 bridgehead atoms. The molecule has 0 aliphatic carbocycles. The minimum Gasteiger partial charge on any atom is -0.380 e. The van der Waals surface area contributed by atoms with Gasteiger partial charge in [-0.25, -0.2) is 4.39 Å². The number of non-ortho nitro benzene ring substituents is 1. The number of nitrogens with one attached hydrogen (secondary N) is 1. The van der Waals surface area contributed by atoms with E-state index in [-0.39, 0.29) is 18.0 Å². The van der Waals surface area contributed by atoms with Crippen LogP contribution in [0.1, 0.15) is 5.56 Å². The molecule has 0 amide bonds. The zero-order valence-electron chi connectivity index (χ0n) is 10.1. The highest BCUT2D eigenvalue weighted by atomic mass is 79.9. The quantitative estimate of drug-likeness (QED) is 0.632. The van der Waals surface area contributed by atoms with Crippen LogP contribution in [0.25, 0.3) is 0 Å². The predicted molar refractivity (Wildman–Crippen MR) is 79.5 cm³/mol. The monoisotopic (exact) mass is 358 g/mol. The molecule has 0 aromatic heterocycles. The first-order valence-electron chi connectivity index (χ1n) is 5.59. The highest BCUT2D eigenvalue weighted by Crippen LogP contribution is 2.28. The highest BCUT2D eigenvalue weighted by Gasteiger charge is 2.10. The summed E-state index contributed by atoms with van der Waals surface area (Å²) in [5, 5.41) is 14.1. The average Bonchev–Trinajstić information content (AvgIpc) is 2.41. The fraction of sp³-hybridized carbons (Fsp3) is 0.0769. The fourth-order valence-corrected chi connectivity index (χ4v) is 2.21. The van der Waals surface area contributed by atoms with Gasteiger partial charge in [-0.3, -0.25) is 10.1 Å². The van der Waals surface area contributed by atoms with E-state index in [0.717, 1.165) is 0 Å². The Morgan fingerprint density at radius 3 is 2.75 bits per heavy atom. The van der Waals surface area contributed by atoms with E-state index in [1.807, 2.05) is 0 Å². The molecular formula is C13H9BrClFN2O2. The molecule has 0 fully saturated rings. The first kappa shape index (κ1) is 14.7. The highest BCUT2D eigenvalue weighted by molar-refractivity contribution is 9.10. The van der Waals surface area contributed by atoms with E-state index in [4.69, 9.17) is 11.6 Å². The van der Waals surface area contributed by atoms with Crippen LogP contribution in [0, 0.1) is 15.9 Å². The summed E-state index contributed by atoms with van der Waals surface area (Å²) in [6.07, 6.45) is 0. The molecular weight excluding hydrogens is 351 g/mol. The third-order valence-corrected chi connectivity index (χ3v) is 3.56. The van der Waals surface area contributed by atoms with Crippen LogP contribution in [0.4, 0.5) is 15.8 Å². The lowest BCUT2D eigenvalue weighted by Crippen LogP contribution is -2.03. The summed E-state index contributed by atoms with van der Waals surface area (Å²) in [5.74, 6) is -0.386. The van der Waals surface area contributed by atoms with Crippen molar-refractivity contribution in [1.82, 2.24) is 0 Å². The van der Waals surface area contributed by atoms with Gasteiger partial charge in [-0.2, -0.15) is 0 Å². The van der Waals surface area contributed by atoms with Crippen molar-refractivity contribution in [3.8, 4) is 0 Å². The molecule has 4 nitrogen and oxygen atoms in total. The zero-order chi connectivity index (χ0) is 14.7. The Balaban J connectivity index is 2.20. The first-order valence-corrected chi connectivity index (χ1v) is 6.76. The molecule has 1 N–H and O–H groups in total. The van der Waals surface area contributed by atoms with Crippen LogP contribution < -0.4 is 5.32 Å². The smallest absolute Gasteiger partial charge is 0.271 e. The minimum atomic E-state index is -0.489. The normalized spacial score (nSPS) is 10.3. The first-order chi connectivity index (χ1) is 9.47. The summed E-state index contributed by atoms with van der Waals surface area (Å²) >= 11 is 9.08. The van der Waals surface area contributed by atoms with Gasteiger partial charge in [0.2, 0.25) is 0 Å². The Hall–Kier alpha value is -1.66. The number of benzene rings is 2. The lowest BCUT2D eigenvalue weighted by molar-refractivity contribution is -0.384. The molecule has 0 saturated heterocycles. The van der Waals surface area contributed by atoms with E-state index in [1.165, 1.54) is 30.3 Å². The van der Waals surface area contributed by atoms with Crippen molar-refractivity contribution in [1.29, 1.82) is 0 Å². The molecule has 104 valence electrons. The van der Waals surface area contributed by atoms with Gasteiger partial charge >= 0.3 is 0 Å². The van der Waals surface area contributed by atoms with Crippen molar-refractivity contribution >= 4 is 38.9 Å². The molecule has 7 heteroatoms. The maximum atomic E-state index is 13.6. The molecule has 0 aliphatic heterocycles. The molecule has 0 atom stereocenters. The van der Waals surface area contributed by atoms with Crippen molar-refractivity contribution in [3.05, 3.63) is 67.4 Å². The molecule has 20 heavy (non-hydrogen) atoms. The van der Waals surface area contributed by atoms with Crippen molar-refractivity contribution in [2.45, 2.75) is 6.54 Å². The molecule has 0 spiro atoms. The Morgan fingerprint density at radius 2 is 2.05 bits per heavy atom. The molecule has 2 rings (SSSR count). The maximum Gasteiger partial charge on any atom is 0.271 e. The van der Waals surface area contributed by atoms with Crippen LogP contribution in [0.3, 0.4) is 0 Å². The SMILES string of the molecule is O=[N+]([O-])c1ccc(Br)c(NCc2cc(Cl)ccc2F)c1. The Kier molecular flexibility index (Phi) is 4.57. The fourth-order valence-electron chi connectivity index (χ4n) is 1.63. The van der Waals surface area contributed by atoms with Crippen LogP contribution in [0.5, 0.6) is 0 Å². The van der Waals surface area contributed by atoms with E-state index in [9.17, 15) is 14.5 Å². The predicted octanol–water partition coefficient (Wildman–Crippen LogP) is 4.76. The topological polar surface area (TPSA) is 55.2 Å². The largest absolute Gasteiger partial charge is 0.380 e. The Morgan fingerprint density at radius 1 is 1.30 bits per heavy atom.